The zero-order chi connectivity index (χ0) is 56.5. The van der Waals surface area contributed by atoms with Crippen LogP contribution in [-0.2, 0) is 26.2 Å². The molecule has 0 spiro atoms. The van der Waals surface area contributed by atoms with E-state index in [0.717, 1.165) is 11.5 Å². The Bertz CT molecular complexity index is 2350. The lowest BCUT2D eigenvalue weighted by molar-refractivity contribution is -0.422. The Labute approximate surface area is 409 Å². The largest absolute Gasteiger partial charge is 0.460 e. The minimum atomic E-state index is -7.94. The smallest absolute Gasteiger partial charge is 0.311 e. The number of hydrogen-bond acceptors (Lipinski definition) is 7. The topological polar surface area (TPSA) is 23.0 Å². The van der Waals surface area contributed by atoms with Crippen molar-refractivity contribution in [2.45, 2.75) is 156 Å². The summed E-state index contributed by atoms with van der Waals surface area (Å²) < 4.78 is 415. The number of thioether (sulfide) groups is 1. The average Bonchev–Trinajstić information content (AvgIpc) is 3.82. The molecule has 3 rings (SSSR count). The second-order valence-electron chi connectivity index (χ2n) is 14.6. The molecule has 0 amide bonds. The Balaban J connectivity index is 2.22. The van der Waals surface area contributed by atoms with Gasteiger partial charge >= 0.3 is 77.5 Å². The molecule has 72 heavy (non-hydrogen) atoms. The van der Waals surface area contributed by atoms with E-state index in [0.29, 0.717) is 7.68 Å². The van der Waals surface area contributed by atoms with Gasteiger partial charge < -0.3 is 18.3 Å². The van der Waals surface area contributed by atoms with Crippen LogP contribution in [0.1, 0.15) is 32.6 Å². The molecule has 0 radical (unpaired) electrons. The van der Waals surface area contributed by atoms with Gasteiger partial charge in [0, 0.05) is 81.3 Å². The number of halogens is 30. The third-order valence-electron chi connectivity index (χ3n) is 9.79. The van der Waals surface area contributed by atoms with Crippen LogP contribution in [0, 0.1) is 9.54 Å². The van der Waals surface area contributed by atoms with E-state index in [1.165, 1.54) is 0 Å². The number of nitrogens with zero attached hydrogens (tertiary/aromatic N) is 5. The van der Waals surface area contributed by atoms with Crippen molar-refractivity contribution in [1.29, 1.82) is 0 Å². The van der Waals surface area contributed by atoms with Crippen LogP contribution in [0.2, 0.25) is 0 Å². The maximum atomic E-state index is 14.9. The molecule has 3 heterocycles. The molecule has 0 fully saturated rings. The number of aromatic nitrogens is 4. The van der Waals surface area contributed by atoms with Crippen molar-refractivity contribution in [2.24, 2.45) is 0 Å². The Morgan fingerprint density at radius 2 is 0.750 bits per heavy atom. The van der Waals surface area contributed by atoms with Crippen molar-refractivity contribution in [3.63, 3.8) is 0 Å². The fourth-order valence-electron chi connectivity index (χ4n) is 5.71. The van der Waals surface area contributed by atoms with Crippen LogP contribution in [0.25, 0.3) is 0 Å². The second kappa shape index (κ2) is 20.8. The molecule has 0 N–H and O–H groups in total. The van der Waals surface area contributed by atoms with Crippen LogP contribution in [0.5, 0.6) is 0 Å². The van der Waals surface area contributed by atoms with Gasteiger partial charge in [-0.3, -0.25) is 4.39 Å². The van der Waals surface area contributed by atoms with Gasteiger partial charge in [0.05, 0.1) is 6.67 Å². The van der Waals surface area contributed by atoms with E-state index < -0.39 is 178 Å². The molecular formula is C31H25F30N5S6. The third kappa shape index (κ3) is 10.9. The van der Waals surface area contributed by atoms with Crippen molar-refractivity contribution in [3.8, 4) is 0 Å². The minimum absolute atomic E-state index is 0.0571. The molecule has 41 heteroatoms. The maximum absolute atomic E-state index is 14.9. The van der Waals surface area contributed by atoms with Crippen molar-refractivity contribution in [3.05, 3.63) is 9.54 Å². The Morgan fingerprint density at radius 1 is 0.417 bits per heavy atom. The summed E-state index contributed by atoms with van der Waals surface area (Å²) in [6.45, 7) is -9.91. The quantitative estimate of drug-likeness (QED) is 0.0422. The van der Waals surface area contributed by atoms with Gasteiger partial charge in [-0.2, -0.15) is 123 Å². The highest BCUT2D eigenvalue weighted by molar-refractivity contribution is 8.27. The Hall–Kier alpha value is -1.88. The molecule has 0 saturated carbocycles. The molecule has 420 valence electrons. The molecule has 0 bridgehead atoms. The first-order valence-electron chi connectivity index (χ1n) is 18.6. The molecule has 5 nitrogen and oxygen atoms in total. The first kappa shape index (κ1) is 64.4. The Kier molecular flexibility index (Phi) is 18.6. The zero-order valence-electron chi connectivity index (χ0n) is 34.3. The molecule has 1 aliphatic heterocycles. The minimum Gasteiger partial charge on any atom is -0.311 e. The fourth-order valence-corrected chi connectivity index (χ4v) is 11.6. The van der Waals surface area contributed by atoms with Gasteiger partial charge in [0.1, 0.15) is 20.1 Å². The lowest BCUT2D eigenvalue weighted by Gasteiger charge is -2.37. The summed E-state index contributed by atoms with van der Waals surface area (Å²) >= 11 is 10.4. The van der Waals surface area contributed by atoms with E-state index in [1.54, 1.807) is 0 Å². The summed E-state index contributed by atoms with van der Waals surface area (Å²) in [5.74, 6) is -78.9. The highest BCUT2D eigenvalue weighted by Crippen LogP contribution is 2.61. The summed E-state index contributed by atoms with van der Waals surface area (Å²) in [6.07, 6.45) is -24.0. The monoisotopic (exact) mass is 1230 g/mol. The van der Waals surface area contributed by atoms with Crippen LogP contribution < -0.4 is 0 Å². The second-order valence-corrected chi connectivity index (χ2v) is 20.1. The predicted molar refractivity (Wildman–Crippen MR) is 199 cm³/mol. The van der Waals surface area contributed by atoms with E-state index in [-0.39, 0.29) is 56.7 Å². The van der Waals surface area contributed by atoms with Gasteiger partial charge in [-0.15, -0.1) is 14.9 Å². The lowest BCUT2D eigenvalue weighted by atomic mass is 9.96. The molecule has 0 aliphatic carbocycles. The number of hydrogen-bond donors (Lipinski definition) is 0. The van der Waals surface area contributed by atoms with E-state index in [1.807, 2.05) is 0 Å². The highest BCUT2D eigenvalue weighted by Gasteiger charge is 2.88. The summed E-state index contributed by atoms with van der Waals surface area (Å²) in [5, 5.41) is -2.91. The van der Waals surface area contributed by atoms with Gasteiger partial charge in [0.15, 0.2) is 16.2 Å². The first-order chi connectivity index (χ1) is 32.0. The third-order valence-corrected chi connectivity index (χ3v) is 15.5. The Morgan fingerprint density at radius 3 is 1.10 bits per heavy atom. The summed E-state index contributed by atoms with van der Waals surface area (Å²) in [5.41, 5.74) is 0. The molecule has 0 aromatic carbocycles. The lowest BCUT2D eigenvalue weighted by Crippen LogP contribution is -2.66. The maximum Gasteiger partial charge on any atom is 0.460 e. The van der Waals surface area contributed by atoms with E-state index in [4.69, 9.17) is 24.4 Å². The fraction of sp³-hybridized carbons (Fsp3) is 0.806. The van der Waals surface area contributed by atoms with Crippen molar-refractivity contribution in [1.82, 2.24) is 21.4 Å². The van der Waals surface area contributed by atoms with Crippen molar-refractivity contribution >= 4 is 72.0 Å². The first-order valence-corrected chi connectivity index (χ1v) is 22.7. The van der Waals surface area contributed by atoms with Gasteiger partial charge in [0.2, 0.25) is 0 Å². The number of imidazole rings is 2. The predicted octanol–water partition coefficient (Wildman–Crippen LogP) is 16.1. The molecule has 1 aliphatic rings. The molecule has 0 unspecified atom stereocenters. The van der Waals surface area contributed by atoms with E-state index >= 15 is 0 Å². The number of alkyl halides is 30. The summed E-state index contributed by atoms with van der Waals surface area (Å²) in [7, 11) is 0. The van der Waals surface area contributed by atoms with Crippen LogP contribution in [0.3, 0.4) is 0 Å². The van der Waals surface area contributed by atoms with Crippen molar-refractivity contribution < 1.29 is 132 Å². The zero-order valence-corrected chi connectivity index (χ0v) is 39.2. The molecule has 2 aromatic heterocycles. The van der Waals surface area contributed by atoms with Gasteiger partial charge in [-0.1, -0.05) is 6.92 Å². The van der Waals surface area contributed by atoms with Crippen LogP contribution in [-0.4, -0.2) is 118 Å². The van der Waals surface area contributed by atoms with Gasteiger partial charge in [-0.25, -0.2) is 4.39 Å². The normalized spacial score (nSPS) is 16.1. The molecular weight excluding hydrogens is 1200 g/mol. The van der Waals surface area contributed by atoms with Crippen LogP contribution in [0.4, 0.5) is 132 Å². The van der Waals surface area contributed by atoms with Gasteiger partial charge in [-0.05, 0) is 36.6 Å². The summed E-state index contributed by atoms with van der Waals surface area (Å²) in [4.78, 5) is 0. The summed E-state index contributed by atoms with van der Waals surface area (Å²) in [6, 6.07) is 0. The average molecular weight is 1230 g/mol. The highest BCUT2D eigenvalue weighted by atomic mass is 32.3. The molecule has 0 atom stereocenters. The molecule has 0 saturated heterocycles. The van der Waals surface area contributed by atoms with E-state index in [9.17, 15) is 132 Å². The number of rotatable bonds is 25. The van der Waals surface area contributed by atoms with Crippen molar-refractivity contribution in [2.75, 3.05) is 19.1 Å². The SMILES string of the molecule is CCSc1c(SN2Sc3c(n(CCC(F)(F)C(F)(F)C(F)(F)C(F)(F)C(F)(F)F)c(=S)n3CCCF)S2)n(CCC(F)(F)C(F)(F)C(F)(F)CF)c(=S)n1CCC(F)(F)C(F)(F)C(F)(F)C(F)(F)C(F)(F)F. The number of fused-ring (bicyclic) bond motifs is 1. The van der Waals surface area contributed by atoms with Gasteiger partial charge in [0.25, 0.3) is 0 Å². The van der Waals surface area contributed by atoms with Crippen LogP contribution in [0.15, 0.2) is 20.1 Å². The van der Waals surface area contributed by atoms with E-state index in [2.05, 4.69) is 0 Å². The van der Waals surface area contributed by atoms with Crippen LogP contribution >= 0.6 is 72.0 Å². The standard InChI is InChI=1S/C31H25F30N5S6/c1-2-69-13-14(70-66-71-15-16(72-66)65(17(67)62(15)8-3-7-32)11-6-21(38,39)25(46,47)27(50,51)29(54,55)31(59,60)61)64(10-4-19(34,35)23(42,43)22(40,41)12-33)18(68)63(13)9-5-20(36,37)24(44,45)26(48,49)28(52,53)30(56,57)58/h2-12H2,1H3. The molecule has 2 aromatic rings.